The third-order valence-corrected chi connectivity index (χ3v) is 10.6. The summed E-state index contributed by atoms with van der Waals surface area (Å²) >= 11 is 7.08. The van der Waals surface area contributed by atoms with E-state index < -0.39 is 58.3 Å². The molecule has 3 N–H and O–H groups in total. The molecule has 0 unspecified atom stereocenters. The van der Waals surface area contributed by atoms with Crippen molar-refractivity contribution in [3.05, 3.63) is 11.1 Å². The number of Topliss-reactive ketones (excluding diaryl/α,β-unsaturated/α-hetero) is 1. The molecule has 0 amide bonds. The summed E-state index contributed by atoms with van der Waals surface area (Å²) in [6.45, 7) is 8.62. The molecular weight excluding hydrogens is 691 g/mol. The Morgan fingerprint density at radius 2 is 1.88 bits per heavy atom. The Morgan fingerprint density at radius 3 is 2.38 bits per heavy atom. The normalized spacial score (nSPS) is 45.0. The van der Waals surface area contributed by atoms with Gasteiger partial charge in [-0.3, -0.25) is 9.59 Å². The van der Waals surface area contributed by atoms with Crippen LogP contribution in [0.15, 0.2) is 11.1 Å². The van der Waals surface area contributed by atoms with Gasteiger partial charge in [0.05, 0.1) is 23.0 Å². The summed E-state index contributed by atoms with van der Waals surface area (Å²) in [6.07, 6.45) is -1.55. The number of hydrogen-bond donors (Lipinski definition) is 3. The molecular formula is C24H34AcO7S2. The minimum absolute atomic E-state index is 0. The van der Waals surface area contributed by atoms with Crippen molar-refractivity contribution in [2.45, 2.75) is 77.5 Å². The van der Waals surface area contributed by atoms with E-state index in [2.05, 4.69) is 0 Å². The van der Waals surface area contributed by atoms with Gasteiger partial charge in [-0.05, 0) is 30.7 Å². The zero-order chi connectivity index (χ0) is 24.7. The number of thioether (sulfide) groups is 1. The molecule has 3 aliphatic carbocycles. The van der Waals surface area contributed by atoms with E-state index in [1.165, 1.54) is 18.7 Å². The number of rotatable bonds is 2. The zero-order valence-electron chi connectivity index (χ0n) is 20.5. The topological polar surface area (TPSA) is 113 Å². The SMILES string of the molecule is CSC(=S)[C@H]1C[C@H]2OC[C@H]2[C@H]2[C@H](OC(C)=O)[C@]3(O)C[C@H](O)C(C)=C([C@@H](O)C(=O)[C@@]21C)C3(C)C.[Ac]. The quantitative estimate of drug-likeness (QED) is 0.224. The van der Waals surface area contributed by atoms with Crippen LogP contribution in [0.2, 0.25) is 0 Å². The Kier molecular flexibility index (Phi) is 8.34. The van der Waals surface area contributed by atoms with Gasteiger partial charge in [0.25, 0.3) is 0 Å². The van der Waals surface area contributed by atoms with E-state index in [0.29, 0.717) is 28.4 Å². The van der Waals surface area contributed by atoms with Gasteiger partial charge in [0.15, 0.2) is 5.78 Å². The second-order valence-electron chi connectivity index (χ2n) is 10.8. The molecule has 34 heavy (non-hydrogen) atoms. The Morgan fingerprint density at radius 1 is 1.26 bits per heavy atom. The Balaban J connectivity index is 0.00000324. The number of aliphatic hydroxyl groups is 3. The van der Waals surface area contributed by atoms with Crippen molar-refractivity contribution in [3.8, 4) is 0 Å². The van der Waals surface area contributed by atoms with E-state index in [4.69, 9.17) is 21.7 Å². The first-order chi connectivity index (χ1) is 15.2. The van der Waals surface area contributed by atoms with Crippen molar-refractivity contribution in [3.63, 3.8) is 0 Å². The number of hydrogen-bond acceptors (Lipinski definition) is 9. The second-order valence-corrected chi connectivity index (χ2v) is 12.4. The molecule has 4 aliphatic rings. The summed E-state index contributed by atoms with van der Waals surface area (Å²) in [5.74, 6) is -2.18. The van der Waals surface area contributed by atoms with Crippen LogP contribution in [0.25, 0.3) is 0 Å². The molecule has 0 aromatic rings. The number of fused-ring (bicyclic) bond motifs is 5. The fraction of sp³-hybridized carbons (Fsp3) is 0.792. The first-order valence-corrected chi connectivity index (χ1v) is 13.1. The first-order valence-electron chi connectivity index (χ1n) is 11.4. The van der Waals surface area contributed by atoms with Gasteiger partial charge in [0, 0.05) is 86.0 Å². The second kappa shape index (κ2) is 9.72. The molecule has 0 aromatic carbocycles. The molecule has 187 valence electrons. The molecule has 2 bridgehead atoms. The average Bonchev–Trinajstić information content (AvgIpc) is 2.71. The number of ether oxygens (including phenoxy) is 2. The smallest absolute Gasteiger partial charge is 0.303 e. The van der Waals surface area contributed by atoms with Gasteiger partial charge in [-0.15, -0.1) is 11.8 Å². The average molecular weight is 726 g/mol. The van der Waals surface area contributed by atoms with Gasteiger partial charge < -0.3 is 24.8 Å². The van der Waals surface area contributed by atoms with Crippen molar-refractivity contribution in [1.82, 2.24) is 0 Å². The number of carbonyl (C=O) groups excluding carboxylic acids is 2. The maximum atomic E-state index is 14.2. The van der Waals surface area contributed by atoms with Crippen LogP contribution >= 0.6 is 24.0 Å². The molecule has 4 rings (SSSR count). The largest absolute Gasteiger partial charge is 0.459 e. The molecule has 1 heterocycles. The monoisotopic (exact) mass is 725 g/mol. The molecule has 0 spiro atoms. The molecule has 3 fully saturated rings. The molecule has 7 nitrogen and oxygen atoms in total. The number of aliphatic hydroxyl groups excluding tert-OH is 2. The summed E-state index contributed by atoms with van der Waals surface area (Å²) in [5.41, 5.74) is -3.28. The van der Waals surface area contributed by atoms with Crippen molar-refractivity contribution in [2.24, 2.45) is 28.6 Å². The van der Waals surface area contributed by atoms with Crippen LogP contribution < -0.4 is 0 Å². The molecule has 1 radical (unpaired) electrons. The minimum atomic E-state index is -1.72. The van der Waals surface area contributed by atoms with E-state index >= 15 is 0 Å². The van der Waals surface area contributed by atoms with Crippen molar-refractivity contribution >= 4 is 39.9 Å². The molecule has 1 aliphatic heterocycles. The number of carbonyl (C=O) groups is 2. The number of thiocarbonyl (C=S) groups is 1. The summed E-state index contributed by atoms with van der Waals surface area (Å²) in [4.78, 5) is 26.6. The Labute approximate surface area is 246 Å². The summed E-state index contributed by atoms with van der Waals surface area (Å²) in [7, 11) is 0. The van der Waals surface area contributed by atoms with E-state index in [1.807, 2.05) is 6.26 Å². The van der Waals surface area contributed by atoms with Crippen LogP contribution in [-0.4, -0.2) is 74.1 Å². The van der Waals surface area contributed by atoms with Crippen molar-refractivity contribution in [2.75, 3.05) is 12.9 Å². The molecule has 1 saturated heterocycles. The first kappa shape index (κ1) is 29.2. The van der Waals surface area contributed by atoms with Gasteiger partial charge in [-0.1, -0.05) is 33.0 Å². The van der Waals surface area contributed by atoms with E-state index in [1.54, 1.807) is 27.7 Å². The van der Waals surface area contributed by atoms with Crippen LogP contribution in [0.5, 0.6) is 0 Å². The van der Waals surface area contributed by atoms with Gasteiger partial charge in [-0.2, -0.15) is 0 Å². The minimum Gasteiger partial charge on any atom is -0.459 e. The van der Waals surface area contributed by atoms with Gasteiger partial charge >= 0.3 is 5.97 Å². The third kappa shape index (κ3) is 3.88. The van der Waals surface area contributed by atoms with Crippen molar-refractivity contribution in [1.29, 1.82) is 0 Å². The van der Waals surface area contributed by atoms with Crippen molar-refractivity contribution < 1.29 is 78.4 Å². The predicted octanol–water partition coefficient (Wildman–Crippen LogP) is 2.05. The van der Waals surface area contributed by atoms with Crippen LogP contribution in [-0.2, 0) is 19.1 Å². The fourth-order valence-corrected chi connectivity index (χ4v) is 8.11. The summed E-state index contributed by atoms with van der Waals surface area (Å²) in [5, 5.41) is 34.7. The third-order valence-electron chi connectivity index (χ3n) is 9.14. The summed E-state index contributed by atoms with van der Waals surface area (Å²) < 4.78 is 12.4. The molecule has 2 saturated carbocycles. The van der Waals surface area contributed by atoms with Crippen LogP contribution in [0.1, 0.15) is 47.5 Å². The number of esters is 1. The van der Waals surface area contributed by atoms with Crippen LogP contribution in [0.3, 0.4) is 0 Å². The van der Waals surface area contributed by atoms with E-state index in [0.717, 1.165) is 0 Å². The zero-order valence-corrected chi connectivity index (χ0v) is 26.9. The van der Waals surface area contributed by atoms with Gasteiger partial charge in [0.1, 0.15) is 17.8 Å². The van der Waals surface area contributed by atoms with Gasteiger partial charge in [0.2, 0.25) is 0 Å². The molecule has 10 heteroatoms. The maximum absolute atomic E-state index is 14.2. The van der Waals surface area contributed by atoms with E-state index in [-0.39, 0.29) is 62.5 Å². The molecule has 9 atom stereocenters. The maximum Gasteiger partial charge on any atom is 0.303 e. The number of ketones is 1. The fourth-order valence-electron chi connectivity index (χ4n) is 7.14. The Bertz CT molecular complexity index is 936. The van der Waals surface area contributed by atoms with E-state index in [9.17, 15) is 24.9 Å². The standard InChI is InChI=1S/C24H34O7S2.Ac/c1-10-14(26)8-24(29)20(31-11(2)25)17-12-9-30-15(12)7-13(21(32)33-6)23(17,5)19(28)18(27)16(10)22(24,3)4;/h12-15,17-18,20,26-27,29H,7-9H2,1-6H3;/t12-,13-,14+,15-,17+,18-,20+,23-,24-;/m1./s1. The summed E-state index contributed by atoms with van der Waals surface area (Å²) in [6, 6.07) is 0. The van der Waals surface area contributed by atoms with Crippen LogP contribution in [0, 0.1) is 72.6 Å². The Hall–Kier alpha value is 0.602. The molecule has 0 aromatic heterocycles. The van der Waals surface area contributed by atoms with Gasteiger partial charge in [-0.25, -0.2) is 0 Å². The van der Waals surface area contributed by atoms with Crippen LogP contribution in [0.4, 0.5) is 0 Å². The predicted molar refractivity (Wildman–Crippen MR) is 128 cm³/mol.